The lowest BCUT2D eigenvalue weighted by Crippen LogP contribution is -2.42. The monoisotopic (exact) mass is 416 g/mol. The van der Waals surface area contributed by atoms with E-state index >= 15 is 0 Å². The summed E-state index contributed by atoms with van der Waals surface area (Å²) < 4.78 is 10.5. The fourth-order valence-corrected chi connectivity index (χ4v) is 4.65. The van der Waals surface area contributed by atoms with Crippen molar-refractivity contribution in [1.82, 2.24) is 4.90 Å². The van der Waals surface area contributed by atoms with Gasteiger partial charge in [0, 0.05) is 31.7 Å². The molecule has 0 radical (unpaired) electrons. The van der Waals surface area contributed by atoms with Crippen LogP contribution < -0.4 is 5.32 Å². The highest BCUT2D eigenvalue weighted by molar-refractivity contribution is 5.69. The molecule has 1 aromatic carbocycles. The van der Waals surface area contributed by atoms with Crippen LogP contribution in [0.15, 0.2) is 24.3 Å². The average molecular weight is 417 g/mol. The Labute approximate surface area is 180 Å². The molecule has 6 heteroatoms. The van der Waals surface area contributed by atoms with Crippen molar-refractivity contribution in [2.24, 2.45) is 17.8 Å². The highest BCUT2D eigenvalue weighted by Crippen LogP contribution is 2.36. The van der Waals surface area contributed by atoms with Gasteiger partial charge in [0.1, 0.15) is 5.60 Å². The molecule has 166 valence electrons. The Hall–Kier alpha value is -2.24. The second-order valence-electron chi connectivity index (χ2n) is 9.69. The van der Waals surface area contributed by atoms with E-state index in [-0.39, 0.29) is 18.0 Å². The van der Waals surface area contributed by atoms with Crippen LogP contribution >= 0.6 is 0 Å². The molecular formula is C24H36N2O4. The van der Waals surface area contributed by atoms with Crippen molar-refractivity contribution in [3.63, 3.8) is 0 Å². The largest absolute Gasteiger partial charge is 0.469 e. The molecule has 1 fully saturated rings. The molecule has 2 heterocycles. The van der Waals surface area contributed by atoms with Gasteiger partial charge in [0.05, 0.1) is 7.11 Å². The highest BCUT2D eigenvalue weighted by Gasteiger charge is 2.33. The normalized spacial score (nSPS) is 20.7. The van der Waals surface area contributed by atoms with Gasteiger partial charge < -0.3 is 19.7 Å². The summed E-state index contributed by atoms with van der Waals surface area (Å²) in [6.45, 7) is 8.00. The first-order valence-electron chi connectivity index (χ1n) is 11.1. The molecule has 2 atom stereocenters. The van der Waals surface area contributed by atoms with Crippen molar-refractivity contribution >= 4 is 17.7 Å². The van der Waals surface area contributed by atoms with Crippen LogP contribution in [0.3, 0.4) is 0 Å². The first kappa shape index (κ1) is 22.4. The Morgan fingerprint density at radius 2 is 1.90 bits per heavy atom. The number of hydrogen-bond acceptors (Lipinski definition) is 5. The minimum Gasteiger partial charge on any atom is -0.469 e. The van der Waals surface area contributed by atoms with Gasteiger partial charge in [0.2, 0.25) is 0 Å². The van der Waals surface area contributed by atoms with Gasteiger partial charge in [-0.25, -0.2) is 4.79 Å². The van der Waals surface area contributed by atoms with Crippen molar-refractivity contribution in [2.75, 3.05) is 32.1 Å². The topological polar surface area (TPSA) is 67.9 Å². The van der Waals surface area contributed by atoms with Gasteiger partial charge in [0.25, 0.3) is 0 Å². The molecule has 0 bridgehead atoms. The number of nitrogens with one attached hydrogen (secondary N) is 1. The number of fused-ring (bicyclic) bond motifs is 1. The van der Waals surface area contributed by atoms with Gasteiger partial charge in [-0.05, 0) is 75.8 Å². The molecule has 0 saturated carbocycles. The third kappa shape index (κ3) is 6.13. The maximum absolute atomic E-state index is 12.3. The SMILES string of the molecule is COC(=O)C[C@H](CC1CCN(C(=O)OC(C)(C)C)CC1)[C@H]1CNc2ccccc2C1. The number of carbonyl (C=O) groups is 2. The van der Waals surface area contributed by atoms with Crippen LogP contribution in [0.2, 0.25) is 0 Å². The van der Waals surface area contributed by atoms with E-state index in [1.54, 1.807) is 0 Å². The summed E-state index contributed by atoms with van der Waals surface area (Å²) >= 11 is 0. The maximum Gasteiger partial charge on any atom is 0.410 e. The van der Waals surface area contributed by atoms with Gasteiger partial charge in [-0.3, -0.25) is 4.79 Å². The summed E-state index contributed by atoms with van der Waals surface area (Å²) in [5.41, 5.74) is 2.06. The van der Waals surface area contributed by atoms with Crippen LogP contribution in [0.1, 0.15) is 52.0 Å². The van der Waals surface area contributed by atoms with Gasteiger partial charge >= 0.3 is 12.1 Å². The number of esters is 1. The van der Waals surface area contributed by atoms with Crippen LogP contribution in [0.25, 0.3) is 0 Å². The molecule has 0 unspecified atom stereocenters. The highest BCUT2D eigenvalue weighted by atomic mass is 16.6. The number of nitrogens with zero attached hydrogens (tertiary/aromatic N) is 1. The second-order valence-corrected chi connectivity index (χ2v) is 9.69. The average Bonchev–Trinajstić information content (AvgIpc) is 2.72. The number of methoxy groups -OCH3 is 1. The van der Waals surface area contributed by atoms with Crippen LogP contribution in [0.5, 0.6) is 0 Å². The summed E-state index contributed by atoms with van der Waals surface area (Å²) in [5.74, 6) is 1.06. The lowest BCUT2D eigenvalue weighted by molar-refractivity contribution is -0.142. The van der Waals surface area contributed by atoms with E-state index in [1.165, 1.54) is 18.4 Å². The van der Waals surface area contributed by atoms with Crippen molar-refractivity contribution in [3.8, 4) is 0 Å². The van der Waals surface area contributed by atoms with E-state index in [2.05, 4.69) is 29.6 Å². The van der Waals surface area contributed by atoms with Gasteiger partial charge in [-0.2, -0.15) is 0 Å². The van der Waals surface area contributed by atoms with Crippen molar-refractivity contribution < 1.29 is 19.1 Å². The molecule has 0 aromatic heterocycles. The zero-order valence-corrected chi connectivity index (χ0v) is 18.8. The molecule has 2 aliphatic heterocycles. The van der Waals surface area contributed by atoms with Crippen LogP contribution in [-0.2, 0) is 20.7 Å². The Morgan fingerprint density at radius 1 is 1.20 bits per heavy atom. The van der Waals surface area contributed by atoms with E-state index in [4.69, 9.17) is 9.47 Å². The molecule has 0 spiro atoms. The summed E-state index contributed by atoms with van der Waals surface area (Å²) in [5, 5.41) is 3.54. The number of anilines is 1. The number of piperidine rings is 1. The molecule has 1 aromatic rings. The van der Waals surface area contributed by atoms with E-state index in [0.29, 0.717) is 18.3 Å². The summed E-state index contributed by atoms with van der Waals surface area (Å²) in [6.07, 6.45) is 4.12. The number of para-hydroxylation sites is 1. The molecule has 3 rings (SSSR count). The van der Waals surface area contributed by atoms with E-state index < -0.39 is 5.60 Å². The van der Waals surface area contributed by atoms with Gasteiger partial charge in [0.15, 0.2) is 0 Å². The van der Waals surface area contributed by atoms with Gasteiger partial charge in [-0.15, -0.1) is 0 Å². The number of ether oxygens (including phenoxy) is 2. The Balaban J connectivity index is 1.58. The van der Waals surface area contributed by atoms with Crippen molar-refractivity contribution in [3.05, 3.63) is 29.8 Å². The quantitative estimate of drug-likeness (QED) is 0.717. The first-order chi connectivity index (χ1) is 14.2. The number of carbonyl (C=O) groups excluding carboxylic acids is 2. The molecule has 30 heavy (non-hydrogen) atoms. The number of rotatable bonds is 5. The first-order valence-corrected chi connectivity index (χ1v) is 11.1. The van der Waals surface area contributed by atoms with E-state index in [1.807, 2.05) is 25.7 Å². The fourth-order valence-electron chi connectivity index (χ4n) is 4.65. The Kier molecular flexibility index (Phi) is 7.27. The van der Waals surface area contributed by atoms with Crippen LogP contribution in [-0.4, -0.2) is 49.3 Å². The minimum atomic E-state index is -0.468. The minimum absolute atomic E-state index is 0.134. The molecule has 2 aliphatic rings. The predicted octanol–water partition coefficient (Wildman–Crippen LogP) is 4.49. The zero-order valence-electron chi connectivity index (χ0n) is 18.8. The van der Waals surface area contributed by atoms with Gasteiger partial charge in [-0.1, -0.05) is 18.2 Å². The predicted molar refractivity (Wildman–Crippen MR) is 117 cm³/mol. The van der Waals surface area contributed by atoms with Crippen molar-refractivity contribution in [2.45, 2.75) is 58.5 Å². The molecular weight excluding hydrogens is 380 g/mol. The number of amides is 1. The molecule has 1 saturated heterocycles. The molecule has 6 nitrogen and oxygen atoms in total. The lowest BCUT2D eigenvalue weighted by atomic mass is 9.75. The fraction of sp³-hybridized carbons (Fsp3) is 0.667. The smallest absolute Gasteiger partial charge is 0.410 e. The molecule has 1 N–H and O–H groups in total. The number of hydrogen-bond donors (Lipinski definition) is 1. The summed E-state index contributed by atoms with van der Waals surface area (Å²) in [7, 11) is 1.47. The summed E-state index contributed by atoms with van der Waals surface area (Å²) in [4.78, 5) is 26.3. The van der Waals surface area contributed by atoms with E-state index in [0.717, 1.165) is 45.3 Å². The molecule has 0 aliphatic carbocycles. The van der Waals surface area contributed by atoms with Crippen molar-refractivity contribution in [1.29, 1.82) is 0 Å². The van der Waals surface area contributed by atoms with Crippen LogP contribution in [0, 0.1) is 17.8 Å². The maximum atomic E-state index is 12.3. The summed E-state index contributed by atoms with van der Waals surface area (Å²) in [6, 6.07) is 8.41. The Bertz CT molecular complexity index is 735. The van der Waals surface area contributed by atoms with E-state index in [9.17, 15) is 9.59 Å². The number of benzene rings is 1. The molecule has 1 amide bonds. The number of likely N-dealkylation sites (tertiary alicyclic amines) is 1. The zero-order chi connectivity index (χ0) is 21.7. The standard InChI is InChI=1S/C24H36N2O4/c1-24(2,3)30-23(28)26-11-9-17(10-12-26)13-19(15-22(27)29-4)20-14-18-7-5-6-8-21(18)25-16-20/h5-8,17,19-20,25H,9-16H2,1-4H3/t19-,20+/m0/s1. The Morgan fingerprint density at radius 3 is 2.57 bits per heavy atom. The lowest BCUT2D eigenvalue weighted by Gasteiger charge is -2.37. The van der Waals surface area contributed by atoms with Crippen LogP contribution in [0.4, 0.5) is 10.5 Å². The third-order valence-corrected chi connectivity index (χ3v) is 6.28. The second kappa shape index (κ2) is 9.71. The third-order valence-electron chi connectivity index (χ3n) is 6.28.